The van der Waals surface area contributed by atoms with E-state index in [4.69, 9.17) is 34.0 Å². The third-order valence-electron chi connectivity index (χ3n) is 2.57. The van der Waals surface area contributed by atoms with Crippen molar-refractivity contribution in [2.24, 2.45) is 0 Å². The maximum absolute atomic E-state index is 13.6. The molecule has 0 fully saturated rings. The summed E-state index contributed by atoms with van der Waals surface area (Å²) in [5.41, 5.74) is 7.07. The third-order valence-corrected chi connectivity index (χ3v) is 3.24. The summed E-state index contributed by atoms with van der Waals surface area (Å²) in [6.07, 6.45) is 0.240. The molecule has 0 atom stereocenters. The van der Waals surface area contributed by atoms with Gasteiger partial charge in [0.1, 0.15) is 11.6 Å². The van der Waals surface area contributed by atoms with Crippen molar-refractivity contribution in [2.45, 2.75) is 6.42 Å². The van der Waals surface area contributed by atoms with Gasteiger partial charge in [-0.1, -0.05) is 29.3 Å². The first-order valence-electron chi connectivity index (χ1n) is 5.18. The van der Waals surface area contributed by atoms with Gasteiger partial charge in [-0.3, -0.25) is 0 Å². The minimum absolute atomic E-state index is 0.120. The number of hydrogen-bond acceptors (Lipinski definition) is 2. The van der Waals surface area contributed by atoms with Crippen LogP contribution in [-0.4, -0.2) is 5.11 Å². The van der Waals surface area contributed by atoms with Crippen LogP contribution in [0.3, 0.4) is 0 Å². The van der Waals surface area contributed by atoms with Gasteiger partial charge in [-0.15, -0.1) is 0 Å². The summed E-state index contributed by atoms with van der Waals surface area (Å²) in [6, 6.07) is 7.10. The van der Waals surface area contributed by atoms with Gasteiger partial charge in [0.2, 0.25) is 0 Å². The minimum Gasteiger partial charge on any atom is -0.508 e. The lowest BCUT2D eigenvalue weighted by Crippen LogP contribution is -1.96. The summed E-state index contributed by atoms with van der Waals surface area (Å²) >= 11 is 12.1. The third kappa shape index (κ3) is 2.68. The summed E-state index contributed by atoms with van der Waals surface area (Å²) < 4.78 is 13.6. The molecule has 0 spiro atoms. The second-order valence-electron chi connectivity index (χ2n) is 3.92. The van der Waals surface area contributed by atoms with E-state index in [0.29, 0.717) is 26.9 Å². The lowest BCUT2D eigenvalue weighted by Gasteiger charge is -2.09. The number of phenolic OH excluding ortho intramolecular Hbond substituents is 1. The molecule has 0 aliphatic rings. The fourth-order valence-electron chi connectivity index (χ4n) is 1.66. The first-order chi connectivity index (χ1) is 8.47. The Hall–Kier alpha value is -1.45. The van der Waals surface area contributed by atoms with Crippen LogP contribution in [0.1, 0.15) is 11.1 Å². The highest BCUT2D eigenvalue weighted by Gasteiger charge is 2.11. The molecule has 0 saturated heterocycles. The Morgan fingerprint density at radius 2 is 1.72 bits per heavy atom. The van der Waals surface area contributed by atoms with Gasteiger partial charge in [0.25, 0.3) is 0 Å². The number of hydrogen-bond donors (Lipinski definition) is 2. The summed E-state index contributed by atoms with van der Waals surface area (Å²) in [4.78, 5) is 0. The Kier molecular flexibility index (Phi) is 3.64. The molecule has 18 heavy (non-hydrogen) atoms. The molecule has 0 aromatic heterocycles. The number of aromatic hydroxyl groups is 1. The molecule has 0 amide bonds. The standard InChI is InChI=1S/C13H10Cl2FNO/c14-11-4-8(17)5-12(15)10(11)3-7-1-2-9(18)6-13(7)16/h1-2,4-6,18H,3,17H2. The lowest BCUT2D eigenvalue weighted by molar-refractivity contribution is 0.468. The Morgan fingerprint density at radius 1 is 1.11 bits per heavy atom. The Morgan fingerprint density at radius 3 is 2.28 bits per heavy atom. The van der Waals surface area contributed by atoms with Crippen molar-refractivity contribution < 1.29 is 9.50 Å². The number of phenols is 1. The number of nitrogen functional groups attached to an aromatic ring is 1. The van der Waals surface area contributed by atoms with Gasteiger partial charge >= 0.3 is 0 Å². The Balaban J connectivity index is 2.40. The quantitative estimate of drug-likeness (QED) is 0.819. The molecule has 0 heterocycles. The maximum atomic E-state index is 13.6. The van der Waals surface area contributed by atoms with Crippen molar-refractivity contribution in [2.75, 3.05) is 5.73 Å². The van der Waals surface area contributed by atoms with Crippen LogP contribution in [0.2, 0.25) is 10.0 Å². The van der Waals surface area contributed by atoms with E-state index in [-0.39, 0.29) is 12.2 Å². The van der Waals surface area contributed by atoms with Gasteiger partial charge in [-0.2, -0.15) is 0 Å². The van der Waals surface area contributed by atoms with Gasteiger partial charge in [0.15, 0.2) is 0 Å². The van der Waals surface area contributed by atoms with E-state index in [2.05, 4.69) is 0 Å². The molecule has 0 unspecified atom stereocenters. The fraction of sp³-hybridized carbons (Fsp3) is 0.0769. The molecule has 0 aliphatic carbocycles. The van der Waals surface area contributed by atoms with Crippen molar-refractivity contribution in [3.63, 3.8) is 0 Å². The molecule has 2 nitrogen and oxygen atoms in total. The molecule has 2 aromatic carbocycles. The van der Waals surface area contributed by atoms with Gasteiger partial charge < -0.3 is 10.8 Å². The monoisotopic (exact) mass is 285 g/mol. The van der Waals surface area contributed by atoms with E-state index in [1.54, 1.807) is 12.1 Å². The predicted molar refractivity (Wildman–Crippen MR) is 71.7 cm³/mol. The molecule has 2 aromatic rings. The maximum Gasteiger partial charge on any atom is 0.130 e. The molecule has 0 saturated carbocycles. The average molecular weight is 286 g/mol. The van der Waals surface area contributed by atoms with Gasteiger partial charge in [0.05, 0.1) is 0 Å². The molecule has 0 radical (unpaired) electrons. The van der Waals surface area contributed by atoms with E-state index in [1.807, 2.05) is 0 Å². The van der Waals surface area contributed by atoms with Crippen LogP contribution >= 0.6 is 23.2 Å². The van der Waals surface area contributed by atoms with E-state index in [1.165, 1.54) is 12.1 Å². The molecule has 94 valence electrons. The predicted octanol–water partition coefficient (Wildman–Crippen LogP) is 4.01. The number of nitrogens with two attached hydrogens (primary N) is 1. The summed E-state index contributed by atoms with van der Waals surface area (Å²) in [5.74, 6) is -0.621. The van der Waals surface area contributed by atoms with Crippen LogP contribution in [-0.2, 0) is 6.42 Å². The SMILES string of the molecule is Nc1cc(Cl)c(Cc2ccc(O)cc2F)c(Cl)c1. The zero-order valence-electron chi connectivity index (χ0n) is 9.25. The summed E-state index contributed by atoms with van der Waals surface area (Å²) in [7, 11) is 0. The van der Waals surface area contributed by atoms with Crippen LogP contribution in [0, 0.1) is 5.82 Å². The van der Waals surface area contributed by atoms with E-state index < -0.39 is 5.82 Å². The van der Waals surface area contributed by atoms with Gasteiger partial charge in [-0.25, -0.2) is 4.39 Å². The van der Waals surface area contributed by atoms with Crippen molar-refractivity contribution in [1.29, 1.82) is 0 Å². The summed E-state index contributed by atoms with van der Waals surface area (Å²) in [5, 5.41) is 9.93. The molecular formula is C13H10Cl2FNO. The highest BCUT2D eigenvalue weighted by atomic mass is 35.5. The number of benzene rings is 2. The second kappa shape index (κ2) is 5.04. The highest BCUT2D eigenvalue weighted by molar-refractivity contribution is 6.36. The molecule has 3 N–H and O–H groups in total. The average Bonchev–Trinajstić information content (AvgIpc) is 2.25. The van der Waals surface area contributed by atoms with Crippen LogP contribution in [0.5, 0.6) is 5.75 Å². The van der Waals surface area contributed by atoms with Crippen LogP contribution in [0.25, 0.3) is 0 Å². The van der Waals surface area contributed by atoms with E-state index in [9.17, 15) is 4.39 Å². The molecule has 0 aliphatic heterocycles. The number of halogens is 3. The lowest BCUT2D eigenvalue weighted by atomic mass is 10.0. The van der Waals surface area contributed by atoms with E-state index in [0.717, 1.165) is 6.07 Å². The zero-order valence-corrected chi connectivity index (χ0v) is 10.8. The van der Waals surface area contributed by atoms with Crippen LogP contribution in [0.4, 0.5) is 10.1 Å². The minimum atomic E-state index is -0.501. The smallest absolute Gasteiger partial charge is 0.130 e. The van der Waals surface area contributed by atoms with Crippen molar-refractivity contribution in [3.8, 4) is 5.75 Å². The molecular weight excluding hydrogens is 276 g/mol. The molecule has 5 heteroatoms. The summed E-state index contributed by atoms with van der Waals surface area (Å²) in [6.45, 7) is 0. The first kappa shape index (κ1) is 13.0. The van der Waals surface area contributed by atoms with Crippen LogP contribution in [0.15, 0.2) is 30.3 Å². The van der Waals surface area contributed by atoms with Crippen molar-refractivity contribution in [3.05, 3.63) is 57.3 Å². The first-order valence-corrected chi connectivity index (χ1v) is 5.93. The zero-order chi connectivity index (χ0) is 13.3. The normalized spacial score (nSPS) is 10.6. The number of rotatable bonds is 2. The number of anilines is 1. The molecule has 2 rings (SSSR count). The highest BCUT2D eigenvalue weighted by Crippen LogP contribution is 2.30. The van der Waals surface area contributed by atoms with Crippen LogP contribution < -0.4 is 5.73 Å². The van der Waals surface area contributed by atoms with Crippen molar-refractivity contribution >= 4 is 28.9 Å². The largest absolute Gasteiger partial charge is 0.508 e. The Labute approximate surface area is 114 Å². The van der Waals surface area contributed by atoms with Gasteiger partial charge in [0, 0.05) is 28.2 Å². The second-order valence-corrected chi connectivity index (χ2v) is 4.73. The Bertz CT molecular complexity index is 579. The fourth-order valence-corrected chi connectivity index (χ4v) is 2.30. The topological polar surface area (TPSA) is 46.2 Å². The van der Waals surface area contributed by atoms with Gasteiger partial charge in [-0.05, 0) is 29.3 Å². The van der Waals surface area contributed by atoms with E-state index >= 15 is 0 Å². The van der Waals surface area contributed by atoms with Crippen molar-refractivity contribution in [1.82, 2.24) is 0 Å². The molecule has 0 bridgehead atoms.